The molecule has 2 saturated heterocycles. The van der Waals surface area contributed by atoms with Gasteiger partial charge >= 0.3 is 0 Å². The molecule has 2 fully saturated rings. The number of hydrogen-bond acceptors (Lipinski definition) is 3. The molecule has 0 saturated carbocycles. The summed E-state index contributed by atoms with van der Waals surface area (Å²) in [6, 6.07) is 13.3. The number of rotatable bonds is 2. The molecule has 0 spiro atoms. The smallest absolute Gasteiger partial charge is 0.254 e. The Morgan fingerprint density at radius 3 is 2.30 bits per heavy atom. The maximum Gasteiger partial charge on any atom is 0.254 e. The highest BCUT2D eigenvalue weighted by atomic mass is 16.2. The van der Waals surface area contributed by atoms with E-state index in [9.17, 15) is 14.4 Å². The molecule has 3 amide bonds. The molecule has 2 aliphatic rings. The van der Waals surface area contributed by atoms with E-state index in [-0.39, 0.29) is 23.8 Å². The summed E-state index contributed by atoms with van der Waals surface area (Å²) in [4.78, 5) is 39.2. The van der Waals surface area contributed by atoms with Crippen LogP contribution in [0.4, 0.5) is 0 Å². The molecule has 2 aromatic carbocycles. The van der Waals surface area contributed by atoms with Gasteiger partial charge in [0.1, 0.15) is 0 Å². The summed E-state index contributed by atoms with van der Waals surface area (Å²) in [5.41, 5.74) is 0.667. The highest BCUT2D eigenvalue weighted by Crippen LogP contribution is 2.26. The molecule has 0 unspecified atom stereocenters. The summed E-state index contributed by atoms with van der Waals surface area (Å²) in [6.45, 7) is 0.860. The van der Waals surface area contributed by atoms with E-state index < -0.39 is 0 Å². The summed E-state index contributed by atoms with van der Waals surface area (Å²) in [6.07, 6.45) is 0.596. The molecule has 5 nitrogen and oxygen atoms in total. The molecule has 116 valence electrons. The lowest BCUT2D eigenvalue weighted by atomic mass is 10.0. The van der Waals surface area contributed by atoms with E-state index in [2.05, 4.69) is 0 Å². The maximum absolute atomic E-state index is 12.7. The topological polar surface area (TPSA) is 57.7 Å². The number of carbonyl (C=O) groups excluding carboxylic acids is 3. The predicted molar refractivity (Wildman–Crippen MR) is 84.7 cm³/mol. The molecule has 4 rings (SSSR count). The number of benzene rings is 2. The van der Waals surface area contributed by atoms with Crippen molar-refractivity contribution in [3.05, 3.63) is 48.0 Å². The van der Waals surface area contributed by atoms with E-state index in [1.54, 1.807) is 4.90 Å². The molecular weight excluding hydrogens is 292 g/mol. The van der Waals surface area contributed by atoms with Crippen molar-refractivity contribution in [2.24, 2.45) is 0 Å². The van der Waals surface area contributed by atoms with Crippen molar-refractivity contribution in [3.63, 3.8) is 0 Å². The van der Waals surface area contributed by atoms with Crippen molar-refractivity contribution >= 4 is 28.5 Å². The van der Waals surface area contributed by atoms with E-state index in [1.807, 2.05) is 42.5 Å². The number of nitrogens with zero attached hydrogens (tertiary/aromatic N) is 2. The number of hydrogen-bond donors (Lipinski definition) is 0. The fraction of sp³-hybridized carbons (Fsp3) is 0.278. The summed E-state index contributed by atoms with van der Waals surface area (Å²) in [7, 11) is 0. The third-order valence-corrected chi connectivity index (χ3v) is 4.62. The standard InChI is InChI=1S/C18H16N2O3/c21-16-8-9-17(22)20(16)13-10-19(11-13)18(23)15-7-3-5-12-4-1-2-6-14(12)15/h1-7,13H,8-11H2. The van der Waals surface area contributed by atoms with Crippen LogP contribution in [0, 0.1) is 0 Å². The lowest BCUT2D eigenvalue weighted by Gasteiger charge is -2.43. The molecule has 23 heavy (non-hydrogen) atoms. The van der Waals surface area contributed by atoms with Gasteiger partial charge in [-0.05, 0) is 16.8 Å². The summed E-state index contributed by atoms with van der Waals surface area (Å²) in [5, 5.41) is 1.96. The number of likely N-dealkylation sites (tertiary alicyclic amines) is 2. The van der Waals surface area contributed by atoms with Crippen LogP contribution in [-0.2, 0) is 9.59 Å². The van der Waals surface area contributed by atoms with Gasteiger partial charge in [-0.25, -0.2) is 0 Å². The molecule has 0 N–H and O–H groups in total. The molecule has 0 aromatic heterocycles. The fourth-order valence-electron chi connectivity index (χ4n) is 3.37. The zero-order chi connectivity index (χ0) is 16.0. The van der Waals surface area contributed by atoms with Crippen LogP contribution in [0.2, 0.25) is 0 Å². The van der Waals surface area contributed by atoms with E-state index in [0.717, 1.165) is 10.8 Å². The van der Waals surface area contributed by atoms with Crippen molar-refractivity contribution < 1.29 is 14.4 Å². The second-order valence-corrected chi connectivity index (χ2v) is 6.05. The van der Waals surface area contributed by atoms with Crippen LogP contribution in [-0.4, -0.2) is 46.7 Å². The van der Waals surface area contributed by atoms with Crippen LogP contribution < -0.4 is 0 Å². The second-order valence-electron chi connectivity index (χ2n) is 6.05. The molecule has 0 aliphatic carbocycles. The Morgan fingerprint density at radius 1 is 0.913 bits per heavy atom. The minimum atomic E-state index is -0.156. The molecular formula is C18H16N2O3. The first-order chi connectivity index (χ1) is 11.1. The number of fused-ring (bicyclic) bond motifs is 1. The zero-order valence-electron chi connectivity index (χ0n) is 12.6. The van der Waals surface area contributed by atoms with Crippen LogP contribution in [0.1, 0.15) is 23.2 Å². The summed E-state index contributed by atoms with van der Waals surface area (Å²) < 4.78 is 0. The zero-order valence-corrected chi connectivity index (χ0v) is 12.6. The fourth-order valence-corrected chi connectivity index (χ4v) is 3.37. The Bertz CT molecular complexity index is 803. The monoisotopic (exact) mass is 308 g/mol. The van der Waals surface area contributed by atoms with Crippen LogP contribution >= 0.6 is 0 Å². The normalized spacial score (nSPS) is 18.6. The van der Waals surface area contributed by atoms with Gasteiger partial charge in [0.15, 0.2) is 0 Å². The first-order valence-electron chi connectivity index (χ1n) is 7.77. The van der Waals surface area contributed by atoms with Crippen LogP contribution in [0.15, 0.2) is 42.5 Å². The molecule has 2 aromatic rings. The second kappa shape index (κ2) is 5.19. The number of carbonyl (C=O) groups is 3. The summed E-state index contributed by atoms with van der Waals surface area (Å²) in [5.74, 6) is -0.272. The summed E-state index contributed by atoms with van der Waals surface area (Å²) >= 11 is 0. The van der Waals surface area contributed by atoms with Gasteiger partial charge in [0.05, 0.1) is 6.04 Å². The quantitative estimate of drug-likeness (QED) is 0.795. The Labute approximate surface area is 133 Å². The average molecular weight is 308 g/mol. The first kappa shape index (κ1) is 13.9. The van der Waals surface area contributed by atoms with Crippen molar-refractivity contribution in [1.82, 2.24) is 9.80 Å². The Kier molecular flexibility index (Phi) is 3.15. The highest BCUT2D eigenvalue weighted by molar-refractivity contribution is 6.07. The van der Waals surface area contributed by atoms with Gasteiger partial charge in [-0.3, -0.25) is 19.3 Å². The molecule has 5 heteroatoms. The van der Waals surface area contributed by atoms with Gasteiger partial charge in [0, 0.05) is 31.5 Å². The third kappa shape index (κ3) is 2.20. The van der Waals surface area contributed by atoms with E-state index in [4.69, 9.17) is 0 Å². The maximum atomic E-state index is 12.7. The predicted octanol–water partition coefficient (Wildman–Crippen LogP) is 1.81. The van der Waals surface area contributed by atoms with Crippen molar-refractivity contribution in [3.8, 4) is 0 Å². The number of imide groups is 1. The molecule has 0 bridgehead atoms. The molecule has 0 radical (unpaired) electrons. The Balaban J connectivity index is 1.53. The van der Waals surface area contributed by atoms with Gasteiger partial charge in [0.25, 0.3) is 5.91 Å². The van der Waals surface area contributed by atoms with Gasteiger partial charge in [-0.15, -0.1) is 0 Å². The molecule has 0 atom stereocenters. The van der Waals surface area contributed by atoms with Gasteiger partial charge in [-0.2, -0.15) is 0 Å². The first-order valence-corrected chi connectivity index (χ1v) is 7.77. The van der Waals surface area contributed by atoms with Crippen LogP contribution in [0.3, 0.4) is 0 Å². The number of amides is 3. The van der Waals surface area contributed by atoms with Crippen molar-refractivity contribution in [1.29, 1.82) is 0 Å². The minimum Gasteiger partial charge on any atom is -0.334 e. The largest absolute Gasteiger partial charge is 0.334 e. The van der Waals surface area contributed by atoms with Crippen LogP contribution in [0.5, 0.6) is 0 Å². The molecule has 2 heterocycles. The minimum absolute atomic E-state index is 0.0443. The Morgan fingerprint density at radius 2 is 1.57 bits per heavy atom. The van der Waals surface area contributed by atoms with Crippen LogP contribution in [0.25, 0.3) is 10.8 Å². The van der Waals surface area contributed by atoms with E-state index in [0.29, 0.717) is 31.5 Å². The van der Waals surface area contributed by atoms with Gasteiger partial charge in [0.2, 0.25) is 11.8 Å². The average Bonchev–Trinajstić information content (AvgIpc) is 2.85. The lowest BCUT2D eigenvalue weighted by Crippen LogP contribution is -2.62. The Hall–Kier alpha value is -2.69. The van der Waals surface area contributed by atoms with E-state index >= 15 is 0 Å². The SMILES string of the molecule is O=C(c1cccc2ccccc12)N1CC(N2C(=O)CCC2=O)C1. The van der Waals surface area contributed by atoms with Gasteiger partial charge < -0.3 is 4.90 Å². The third-order valence-electron chi connectivity index (χ3n) is 4.62. The van der Waals surface area contributed by atoms with Gasteiger partial charge in [-0.1, -0.05) is 36.4 Å². The molecule has 2 aliphatic heterocycles. The van der Waals surface area contributed by atoms with Crippen molar-refractivity contribution in [2.75, 3.05) is 13.1 Å². The lowest BCUT2D eigenvalue weighted by molar-refractivity contribution is -0.144. The van der Waals surface area contributed by atoms with E-state index in [1.165, 1.54) is 4.90 Å². The highest BCUT2D eigenvalue weighted by Gasteiger charge is 2.42. The van der Waals surface area contributed by atoms with Crippen molar-refractivity contribution in [2.45, 2.75) is 18.9 Å².